The number of thiophene rings is 1. The van der Waals surface area contributed by atoms with E-state index in [2.05, 4.69) is 27.2 Å². The SMILES string of the molecule is Cc1nc(NC(=O)CSc2ncnc3sc4c(c23)CC[C@@H](C)C4)sc1C. The number of nitrogens with one attached hydrogen (secondary N) is 1. The highest BCUT2D eigenvalue weighted by Crippen LogP contribution is 2.40. The number of amides is 1. The average Bonchev–Trinajstić information content (AvgIpc) is 3.12. The maximum atomic E-state index is 12.3. The third kappa shape index (κ3) is 3.50. The number of fused-ring (bicyclic) bond motifs is 3. The number of hydrogen-bond donors (Lipinski definition) is 1. The van der Waals surface area contributed by atoms with Crippen molar-refractivity contribution in [3.05, 3.63) is 27.3 Å². The molecule has 4 rings (SSSR count). The van der Waals surface area contributed by atoms with Crippen LogP contribution in [0.25, 0.3) is 10.2 Å². The highest BCUT2D eigenvalue weighted by molar-refractivity contribution is 8.00. The van der Waals surface area contributed by atoms with Crippen molar-refractivity contribution in [2.75, 3.05) is 11.1 Å². The summed E-state index contributed by atoms with van der Waals surface area (Å²) in [6.45, 7) is 6.27. The van der Waals surface area contributed by atoms with Gasteiger partial charge in [-0.05, 0) is 44.6 Å². The van der Waals surface area contributed by atoms with Crippen molar-refractivity contribution >= 4 is 55.7 Å². The van der Waals surface area contributed by atoms with Crippen LogP contribution in [0.4, 0.5) is 5.13 Å². The Bertz CT molecular complexity index is 959. The minimum atomic E-state index is -0.0479. The molecule has 0 saturated heterocycles. The highest BCUT2D eigenvalue weighted by Gasteiger charge is 2.23. The lowest BCUT2D eigenvalue weighted by molar-refractivity contribution is -0.113. The normalized spacial score (nSPS) is 16.7. The first kappa shape index (κ1) is 17.9. The van der Waals surface area contributed by atoms with Crippen LogP contribution in [-0.4, -0.2) is 26.6 Å². The highest BCUT2D eigenvalue weighted by atomic mass is 32.2. The fourth-order valence-corrected chi connectivity index (χ4v) is 6.24. The summed E-state index contributed by atoms with van der Waals surface area (Å²) >= 11 is 4.78. The van der Waals surface area contributed by atoms with Crippen LogP contribution < -0.4 is 5.32 Å². The second kappa shape index (κ2) is 7.25. The number of hydrogen-bond acceptors (Lipinski definition) is 7. The number of nitrogens with zero attached hydrogens (tertiary/aromatic N) is 3. The molecule has 0 radical (unpaired) electrons. The van der Waals surface area contributed by atoms with Crippen LogP contribution in [0.15, 0.2) is 11.4 Å². The first-order valence-corrected chi connectivity index (χ1v) is 11.2. The van der Waals surface area contributed by atoms with Crippen molar-refractivity contribution in [2.45, 2.75) is 45.1 Å². The Kier molecular flexibility index (Phi) is 4.98. The summed E-state index contributed by atoms with van der Waals surface area (Å²) in [6, 6.07) is 0. The number of rotatable bonds is 4. The predicted octanol–water partition coefficient (Wildman–Crippen LogP) is 4.62. The molecule has 0 bridgehead atoms. The largest absolute Gasteiger partial charge is 0.301 e. The van der Waals surface area contributed by atoms with Gasteiger partial charge in [-0.3, -0.25) is 4.79 Å². The van der Waals surface area contributed by atoms with Crippen molar-refractivity contribution < 1.29 is 4.79 Å². The smallest absolute Gasteiger partial charge is 0.236 e. The predicted molar refractivity (Wildman–Crippen MR) is 110 cm³/mol. The Morgan fingerprint density at radius 1 is 1.35 bits per heavy atom. The van der Waals surface area contributed by atoms with E-state index in [1.165, 1.54) is 40.0 Å². The van der Waals surface area contributed by atoms with E-state index in [9.17, 15) is 4.79 Å². The molecular formula is C18H20N4OS3. The van der Waals surface area contributed by atoms with Crippen molar-refractivity contribution in [1.29, 1.82) is 0 Å². The van der Waals surface area contributed by atoms with Crippen LogP contribution in [0.3, 0.4) is 0 Å². The summed E-state index contributed by atoms with van der Waals surface area (Å²) in [5.41, 5.74) is 2.37. The van der Waals surface area contributed by atoms with E-state index in [0.29, 0.717) is 10.9 Å². The molecule has 3 heterocycles. The zero-order valence-electron chi connectivity index (χ0n) is 15.0. The molecular weight excluding hydrogens is 384 g/mol. The summed E-state index contributed by atoms with van der Waals surface area (Å²) in [5, 5.41) is 5.64. The monoisotopic (exact) mass is 404 g/mol. The third-order valence-corrected chi connectivity index (χ3v) is 7.81. The number of thiazole rings is 1. The molecule has 3 aromatic rings. The zero-order chi connectivity index (χ0) is 18.3. The summed E-state index contributed by atoms with van der Waals surface area (Å²) in [4.78, 5) is 29.2. The van der Waals surface area contributed by atoms with Gasteiger partial charge in [0.2, 0.25) is 5.91 Å². The summed E-state index contributed by atoms with van der Waals surface area (Å²) in [5.74, 6) is 1.01. The number of aryl methyl sites for hydroxylation is 3. The van der Waals surface area contributed by atoms with Crippen molar-refractivity contribution in [3.63, 3.8) is 0 Å². The quantitative estimate of drug-likeness (QED) is 0.508. The molecule has 3 aromatic heterocycles. The maximum Gasteiger partial charge on any atom is 0.236 e. The van der Waals surface area contributed by atoms with Crippen molar-refractivity contribution in [3.8, 4) is 0 Å². The Labute approximate surface area is 164 Å². The lowest BCUT2D eigenvalue weighted by atomic mass is 9.89. The van der Waals surface area contributed by atoms with E-state index in [-0.39, 0.29) is 5.91 Å². The van der Waals surface area contributed by atoms with E-state index in [4.69, 9.17) is 0 Å². The first-order chi connectivity index (χ1) is 12.5. The van der Waals surface area contributed by atoms with Gasteiger partial charge in [0, 0.05) is 15.1 Å². The molecule has 26 heavy (non-hydrogen) atoms. The van der Waals surface area contributed by atoms with Gasteiger partial charge in [0.05, 0.1) is 11.4 Å². The van der Waals surface area contributed by atoms with Gasteiger partial charge in [0.1, 0.15) is 16.2 Å². The average molecular weight is 405 g/mol. The molecule has 136 valence electrons. The van der Waals surface area contributed by atoms with Gasteiger partial charge in [-0.2, -0.15) is 0 Å². The van der Waals surface area contributed by atoms with E-state index >= 15 is 0 Å². The van der Waals surface area contributed by atoms with Gasteiger partial charge in [0.25, 0.3) is 0 Å². The van der Waals surface area contributed by atoms with Crippen LogP contribution >= 0.6 is 34.4 Å². The molecule has 1 N–H and O–H groups in total. The third-order valence-electron chi connectivity index (χ3n) is 4.67. The molecule has 1 aliphatic carbocycles. The van der Waals surface area contributed by atoms with Crippen LogP contribution in [0.2, 0.25) is 0 Å². The molecule has 1 atom stereocenters. The fourth-order valence-electron chi connectivity index (χ4n) is 3.17. The number of thioether (sulfide) groups is 1. The molecule has 0 spiro atoms. The molecule has 1 aliphatic rings. The second-order valence-corrected chi connectivity index (χ2v) is 9.96. The van der Waals surface area contributed by atoms with E-state index in [0.717, 1.165) is 44.6 Å². The summed E-state index contributed by atoms with van der Waals surface area (Å²) in [7, 11) is 0. The zero-order valence-corrected chi connectivity index (χ0v) is 17.4. The number of aromatic nitrogens is 3. The molecule has 0 unspecified atom stereocenters. The Morgan fingerprint density at radius 3 is 2.96 bits per heavy atom. The Balaban J connectivity index is 1.51. The van der Waals surface area contributed by atoms with Gasteiger partial charge in [-0.15, -0.1) is 22.7 Å². The molecule has 0 saturated carbocycles. The fraction of sp³-hybridized carbons (Fsp3) is 0.444. The van der Waals surface area contributed by atoms with Crippen LogP contribution in [-0.2, 0) is 17.6 Å². The van der Waals surface area contributed by atoms with Crippen LogP contribution in [0.5, 0.6) is 0 Å². The molecule has 0 fully saturated rings. The summed E-state index contributed by atoms with van der Waals surface area (Å²) < 4.78 is 0. The molecule has 5 nitrogen and oxygen atoms in total. The van der Waals surface area contributed by atoms with Gasteiger partial charge < -0.3 is 5.32 Å². The Hall–Kier alpha value is -1.51. The standard InChI is InChI=1S/C18H20N4OS3/c1-9-4-5-12-13(6-9)26-17-15(12)16(19-8-20-17)24-7-14(23)22-18-21-10(2)11(3)25-18/h8-9H,4-7H2,1-3H3,(H,21,22,23)/t9-/m1/s1. The summed E-state index contributed by atoms with van der Waals surface area (Å²) in [6.07, 6.45) is 5.04. The number of anilines is 1. The minimum Gasteiger partial charge on any atom is -0.301 e. The first-order valence-electron chi connectivity index (χ1n) is 8.63. The number of carbonyl (C=O) groups is 1. The van der Waals surface area contributed by atoms with E-state index in [1.54, 1.807) is 17.7 Å². The van der Waals surface area contributed by atoms with Gasteiger partial charge in [-0.1, -0.05) is 18.7 Å². The van der Waals surface area contributed by atoms with Crippen LogP contribution in [0, 0.1) is 19.8 Å². The van der Waals surface area contributed by atoms with E-state index in [1.807, 2.05) is 13.8 Å². The molecule has 0 aromatic carbocycles. The Morgan fingerprint density at radius 2 is 2.19 bits per heavy atom. The van der Waals surface area contributed by atoms with Crippen molar-refractivity contribution in [2.24, 2.45) is 5.92 Å². The van der Waals surface area contributed by atoms with E-state index < -0.39 is 0 Å². The number of carbonyl (C=O) groups excluding carboxylic acids is 1. The minimum absolute atomic E-state index is 0.0479. The lowest BCUT2D eigenvalue weighted by Crippen LogP contribution is -2.14. The van der Waals surface area contributed by atoms with Crippen molar-refractivity contribution in [1.82, 2.24) is 15.0 Å². The molecule has 8 heteroatoms. The lowest BCUT2D eigenvalue weighted by Gasteiger charge is -2.18. The second-order valence-electron chi connectivity index (χ2n) is 6.71. The van der Waals surface area contributed by atoms with Gasteiger partial charge in [-0.25, -0.2) is 15.0 Å². The maximum absolute atomic E-state index is 12.3. The van der Waals surface area contributed by atoms with Crippen LogP contribution in [0.1, 0.15) is 34.4 Å². The molecule has 0 aliphatic heterocycles. The topological polar surface area (TPSA) is 67.8 Å². The van der Waals surface area contributed by atoms with Gasteiger partial charge in [0.15, 0.2) is 5.13 Å². The van der Waals surface area contributed by atoms with Gasteiger partial charge >= 0.3 is 0 Å². The molecule has 1 amide bonds.